The Morgan fingerprint density at radius 3 is 2.00 bits per heavy atom. The maximum absolute atomic E-state index is 3.78. The van der Waals surface area contributed by atoms with Gasteiger partial charge in [-0.05, 0) is 20.9 Å². The van der Waals surface area contributed by atoms with Crippen LogP contribution in [0.25, 0.3) is 0 Å². The molecule has 0 saturated heterocycles. The van der Waals surface area contributed by atoms with Crippen LogP contribution in [-0.4, -0.2) is 12.6 Å². The van der Waals surface area contributed by atoms with E-state index in [0.717, 1.165) is 12.8 Å². The first kappa shape index (κ1) is 12.1. The van der Waals surface area contributed by atoms with Gasteiger partial charge in [-0.3, -0.25) is 0 Å². The molecule has 0 rings (SSSR count). The van der Waals surface area contributed by atoms with Crippen LogP contribution in [0.3, 0.4) is 0 Å². The van der Waals surface area contributed by atoms with E-state index in [0.29, 0.717) is 0 Å². The van der Waals surface area contributed by atoms with Gasteiger partial charge < -0.3 is 12.2 Å². The summed E-state index contributed by atoms with van der Waals surface area (Å²) >= 11 is 0. The Bertz CT molecular complexity index is 61.9. The first-order valence-corrected chi connectivity index (χ1v) is 3.10. The zero-order valence-electron chi connectivity index (χ0n) is 6.50. The van der Waals surface area contributed by atoms with Crippen molar-refractivity contribution >= 4 is 0 Å². The van der Waals surface area contributed by atoms with Gasteiger partial charge in [0.25, 0.3) is 0 Å². The van der Waals surface area contributed by atoms with Crippen LogP contribution >= 0.6 is 0 Å². The van der Waals surface area contributed by atoms with Gasteiger partial charge in [0.15, 0.2) is 0 Å². The minimum atomic E-state index is 0. The quantitative estimate of drug-likeness (QED) is 0.757. The Morgan fingerprint density at radius 1 is 1.44 bits per heavy atom. The van der Waals surface area contributed by atoms with Gasteiger partial charge >= 0.3 is 0 Å². The minimum Gasteiger partial charge on any atom is -0.343 e. The second-order valence-corrected chi connectivity index (χ2v) is 2.74. The first-order chi connectivity index (χ1) is 3.62. The summed E-state index contributed by atoms with van der Waals surface area (Å²) in [4.78, 5) is 0. The van der Waals surface area contributed by atoms with E-state index in [2.05, 4.69) is 26.1 Å². The molecule has 0 unspecified atom stereocenters. The molecular formula is C7H16AmN-. The molecule has 0 aromatic rings. The second kappa shape index (κ2) is 5.16. The van der Waals surface area contributed by atoms with Crippen molar-refractivity contribution in [3.63, 3.8) is 0 Å². The van der Waals surface area contributed by atoms with Gasteiger partial charge in [0.05, 0.1) is 0 Å². The monoisotopic (exact) mass is 355 g/mol. The molecule has 0 saturated carbocycles. The number of nitrogens with one attached hydrogen (secondary N) is 1. The number of hydrogen-bond donors (Lipinski definition) is 1. The summed E-state index contributed by atoms with van der Waals surface area (Å²) in [5.41, 5.74) is 0.280. The molecule has 9 heavy (non-hydrogen) atoms. The largest absolute Gasteiger partial charge is 0.343 e. The van der Waals surface area contributed by atoms with E-state index < -0.39 is 0 Å². The van der Waals surface area contributed by atoms with Crippen molar-refractivity contribution in [2.75, 3.05) is 7.05 Å². The molecule has 0 amide bonds. The second-order valence-electron chi connectivity index (χ2n) is 2.74. The van der Waals surface area contributed by atoms with Crippen LogP contribution in [0.1, 0.15) is 26.7 Å². The van der Waals surface area contributed by atoms with E-state index in [-0.39, 0.29) is 19.8 Å². The zero-order chi connectivity index (χ0) is 6.62. The third-order valence-electron chi connectivity index (χ3n) is 1.48. The molecule has 57 valence electrons. The van der Waals surface area contributed by atoms with Gasteiger partial charge in [-0.25, -0.2) is 0 Å². The van der Waals surface area contributed by atoms with E-state index in [1.807, 2.05) is 7.05 Å². The summed E-state index contributed by atoms with van der Waals surface area (Å²) in [7, 11) is 1.98. The van der Waals surface area contributed by atoms with E-state index in [1.54, 1.807) is 0 Å². The molecule has 0 bridgehead atoms. The maximum atomic E-state index is 3.78. The first-order valence-electron chi connectivity index (χ1n) is 3.10. The van der Waals surface area contributed by atoms with Crippen LogP contribution in [0.5, 0.6) is 0 Å². The summed E-state index contributed by atoms with van der Waals surface area (Å²) < 4.78 is 0. The normalized spacial score (nSPS) is 10.7. The van der Waals surface area contributed by atoms with Crippen molar-refractivity contribution in [3.05, 3.63) is 6.92 Å². The molecule has 1 nitrogen and oxygen atoms in total. The SMILES string of the molecule is [Am].[CH2-]CCC(C)(C)NC. The topological polar surface area (TPSA) is 12.0 Å². The molecule has 0 aromatic heterocycles. The summed E-state index contributed by atoms with van der Waals surface area (Å²) in [6.07, 6.45) is 2.15. The molecule has 0 aliphatic rings. The van der Waals surface area contributed by atoms with Gasteiger partial charge in [-0.1, -0.05) is 6.42 Å². The smallest absolute Gasteiger partial charge is 0.00974 e. The zero-order valence-corrected chi connectivity index (χ0v) is 9.65. The van der Waals surface area contributed by atoms with Crippen molar-refractivity contribution in [3.8, 4) is 0 Å². The van der Waals surface area contributed by atoms with Gasteiger partial charge in [0.1, 0.15) is 0 Å². The summed E-state index contributed by atoms with van der Waals surface area (Å²) in [5.74, 6) is 0. The number of hydrogen-bond acceptors (Lipinski definition) is 1. The third kappa shape index (κ3) is 6.23. The summed E-state index contributed by atoms with van der Waals surface area (Å²) in [6.45, 7) is 8.14. The maximum Gasteiger partial charge on any atom is 0.00974 e. The van der Waals surface area contributed by atoms with Crippen molar-refractivity contribution < 1.29 is 14.3 Å². The van der Waals surface area contributed by atoms with Gasteiger partial charge in [0, 0.05) is 19.8 Å². The Balaban J connectivity index is 0. The molecule has 1 radical (unpaired) electrons. The van der Waals surface area contributed by atoms with Gasteiger partial charge in [0.2, 0.25) is 0 Å². The fourth-order valence-electron chi connectivity index (χ4n) is 0.567. The Morgan fingerprint density at radius 2 is 1.89 bits per heavy atom. The Hall–Kier alpha value is 0.350. The third-order valence-corrected chi connectivity index (χ3v) is 1.48. The van der Waals surface area contributed by atoms with Crippen LogP contribution in [0, 0.1) is 21.2 Å². The van der Waals surface area contributed by atoms with Crippen molar-refractivity contribution in [1.29, 1.82) is 0 Å². The van der Waals surface area contributed by atoms with Gasteiger partial charge in [-0.15, -0.1) is 0 Å². The standard InChI is InChI=1S/C7H16N.Am/c1-5-6-7(2,3)8-4;/h8H,1,5-6H2,2-4H3;/q-1;. The molecule has 0 aliphatic heterocycles. The average Bonchev–Trinajstić information content (AvgIpc) is 1.67. The molecular weight excluding hydrogens is 341 g/mol. The van der Waals surface area contributed by atoms with Crippen LogP contribution in [0.15, 0.2) is 0 Å². The van der Waals surface area contributed by atoms with E-state index in [9.17, 15) is 0 Å². The molecule has 0 heterocycles. The van der Waals surface area contributed by atoms with Crippen LogP contribution in [0.2, 0.25) is 0 Å². The fourth-order valence-corrected chi connectivity index (χ4v) is 0.567. The molecule has 0 atom stereocenters. The fraction of sp³-hybridized carbons (Fsp3) is 0.857. The Kier molecular flexibility index (Phi) is 6.92. The summed E-state index contributed by atoms with van der Waals surface area (Å²) in [5, 5.41) is 3.20. The Labute approximate surface area is 66.4 Å². The molecule has 0 spiro atoms. The van der Waals surface area contributed by atoms with E-state index in [1.165, 1.54) is 0 Å². The predicted octanol–water partition coefficient (Wildman–Crippen LogP) is 1.60. The van der Waals surface area contributed by atoms with Crippen LogP contribution in [-0.2, 0) is 0 Å². The summed E-state index contributed by atoms with van der Waals surface area (Å²) in [6, 6.07) is 0. The van der Waals surface area contributed by atoms with E-state index in [4.69, 9.17) is 0 Å². The van der Waals surface area contributed by atoms with Crippen LogP contribution in [0.4, 0.5) is 0 Å². The van der Waals surface area contributed by atoms with Crippen molar-refractivity contribution in [2.45, 2.75) is 32.2 Å². The average molecular weight is 357 g/mol. The molecule has 0 aromatic carbocycles. The van der Waals surface area contributed by atoms with Gasteiger partial charge in [-0.2, -0.15) is 6.42 Å². The number of rotatable bonds is 3. The molecule has 2 heteroatoms. The van der Waals surface area contributed by atoms with Crippen molar-refractivity contribution in [2.24, 2.45) is 0 Å². The van der Waals surface area contributed by atoms with E-state index >= 15 is 0 Å². The molecule has 1 N–H and O–H groups in total. The van der Waals surface area contributed by atoms with Crippen LogP contribution < -0.4 is 5.32 Å². The molecule has 0 aliphatic carbocycles. The van der Waals surface area contributed by atoms with Crippen molar-refractivity contribution in [1.82, 2.24) is 5.32 Å². The molecule has 0 fully saturated rings. The minimum absolute atomic E-state index is 0. The predicted molar refractivity (Wildman–Crippen MR) is 37.7 cm³/mol.